The number of carbonyl (C=O) groups excluding carboxylic acids is 2. The fourth-order valence-electron chi connectivity index (χ4n) is 3.74. The largest absolute Gasteiger partial charge is 0.417 e. The van der Waals surface area contributed by atoms with Crippen LogP contribution in [0.1, 0.15) is 51.5 Å². The summed E-state index contributed by atoms with van der Waals surface area (Å²) in [5.41, 5.74) is 1.61. The Hall–Kier alpha value is -2.87. The van der Waals surface area contributed by atoms with Crippen LogP contribution in [0.3, 0.4) is 0 Å². The zero-order chi connectivity index (χ0) is 21.8. The third-order valence-electron chi connectivity index (χ3n) is 5.24. The van der Waals surface area contributed by atoms with E-state index in [0.717, 1.165) is 22.2 Å². The highest BCUT2D eigenvalue weighted by Gasteiger charge is 2.34. The molecule has 0 aliphatic carbocycles. The van der Waals surface area contributed by atoms with Gasteiger partial charge >= 0.3 is 6.18 Å². The number of fused-ring (bicyclic) bond motifs is 2. The lowest BCUT2D eigenvalue weighted by molar-refractivity contribution is -0.137. The van der Waals surface area contributed by atoms with Crippen LogP contribution in [-0.4, -0.2) is 27.6 Å². The van der Waals surface area contributed by atoms with Crippen molar-refractivity contribution in [2.75, 3.05) is 11.4 Å². The molecule has 0 bridgehead atoms. The first kappa shape index (κ1) is 20.4. The number of Topliss-reactive ketones (excluding diaryl/α,β-unsaturated/α-hetero) is 1. The quantitative estimate of drug-likeness (QED) is 0.545. The Morgan fingerprint density at radius 3 is 2.60 bits per heavy atom. The number of halogens is 4. The first-order valence-corrected chi connectivity index (χ1v) is 9.73. The Morgan fingerprint density at radius 1 is 1.23 bits per heavy atom. The highest BCUT2D eigenvalue weighted by Crippen LogP contribution is 2.35. The zero-order valence-corrected chi connectivity index (χ0v) is 16.9. The van der Waals surface area contributed by atoms with Crippen molar-refractivity contribution in [1.29, 1.82) is 0 Å². The number of nitrogens with zero attached hydrogens (tertiary/aromatic N) is 3. The SMILES string of the molecule is CCc1nc2c(Cl)cc(C(F)(F)F)cn2c1C(=O)N1CCc2cc(C(C)=O)ccc21. The Balaban J connectivity index is 1.85. The van der Waals surface area contributed by atoms with Gasteiger partial charge < -0.3 is 4.90 Å². The molecule has 0 saturated heterocycles. The summed E-state index contributed by atoms with van der Waals surface area (Å²) in [4.78, 5) is 30.9. The van der Waals surface area contributed by atoms with E-state index >= 15 is 0 Å². The molecular formula is C21H17ClF3N3O2. The van der Waals surface area contributed by atoms with Gasteiger partial charge in [0.2, 0.25) is 0 Å². The summed E-state index contributed by atoms with van der Waals surface area (Å²) in [5.74, 6) is -0.531. The van der Waals surface area contributed by atoms with E-state index in [2.05, 4.69) is 4.98 Å². The fourth-order valence-corrected chi connectivity index (χ4v) is 3.99. The number of anilines is 1. The molecule has 0 spiro atoms. The molecule has 0 radical (unpaired) electrons. The van der Waals surface area contributed by atoms with Gasteiger partial charge in [-0.25, -0.2) is 4.98 Å². The number of hydrogen-bond acceptors (Lipinski definition) is 3. The molecule has 0 N–H and O–H groups in total. The predicted molar refractivity (Wildman–Crippen MR) is 106 cm³/mol. The molecule has 9 heteroatoms. The van der Waals surface area contributed by atoms with Crippen LogP contribution in [0, 0.1) is 0 Å². The molecule has 0 unspecified atom stereocenters. The number of hydrogen-bond donors (Lipinski definition) is 0. The van der Waals surface area contributed by atoms with Gasteiger partial charge in [-0.2, -0.15) is 13.2 Å². The van der Waals surface area contributed by atoms with Gasteiger partial charge in [-0.1, -0.05) is 18.5 Å². The van der Waals surface area contributed by atoms with Crippen molar-refractivity contribution >= 4 is 34.6 Å². The molecule has 5 nitrogen and oxygen atoms in total. The van der Waals surface area contributed by atoms with Gasteiger partial charge in [0.1, 0.15) is 5.69 Å². The average Bonchev–Trinajstić information content (AvgIpc) is 3.27. The van der Waals surface area contributed by atoms with Gasteiger partial charge in [-0.15, -0.1) is 0 Å². The van der Waals surface area contributed by atoms with E-state index in [0.29, 0.717) is 36.3 Å². The molecule has 1 aliphatic heterocycles. The summed E-state index contributed by atoms with van der Waals surface area (Å²) in [7, 11) is 0. The number of ketones is 1. The first-order valence-electron chi connectivity index (χ1n) is 9.35. The number of imidazole rings is 1. The van der Waals surface area contributed by atoms with Crippen molar-refractivity contribution in [2.45, 2.75) is 32.9 Å². The Morgan fingerprint density at radius 2 is 1.97 bits per heavy atom. The minimum Gasteiger partial charge on any atom is -0.306 e. The first-order chi connectivity index (χ1) is 14.1. The average molecular weight is 436 g/mol. The van der Waals surface area contributed by atoms with Gasteiger partial charge in [0.25, 0.3) is 5.91 Å². The second-order valence-electron chi connectivity index (χ2n) is 7.14. The molecule has 4 rings (SSSR count). The second-order valence-corrected chi connectivity index (χ2v) is 7.54. The topological polar surface area (TPSA) is 54.7 Å². The standard InChI is InChI=1S/C21H17ClF3N3O2/c1-3-16-18(28-10-14(21(23,24)25)9-15(22)19(28)26-16)20(30)27-7-6-13-8-12(11(2)29)4-5-17(13)27/h4-5,8-10H,3,6-7H2,1-2H3. The van der Waals surface area contributed by atoms with Gasteiger partial charge in [0.05, 0.1) is 16.3 Å². The molecule has 1 aliphatic rings. The molecule has 0 fully saturated rings. The van der Waals surface area contributed by atoms with Gasteiger partial charge in [-0.05, 0) is 49.6 Å². The number of carbonyl (C=O) groups is 2. The van der Waals surface area contributed by atoms with Crippen molar-refractivity contribution < 1.29 is 22.8 Å². The van der Waals surface area contributed by atoms with Gasteiger partial charge in [0, 0.05) is 24.0 Å². The van der Waals surface area contributed by atoms with Crippen molar-refractivity contribution in [1.82, 2.24) is 9.38 Å². The van der Waals surface area contributed by atoms with E-state index in [1.54, 1.807) is 25.1 Å². The van der Waals surface area contributed by atoms with Crippen molar-refractivity contribution in [3.05, 3.63) is 63.6 Å². The number of aromatic nitrogens is 2. The predicted octanol–water partition coefficient (Wildman–Crippen LogP) is 4.97. The van der Waals surface area contributed by atoms with Crippen LogP contribution in [0.2, 0.25) is 5.02 Å². The maximum Gasteiger partial charge on any atom is 0.417 e. The normalized spacial score (nSPS) is 13.7. The molecule has 1 amide bonds. The number of amides is 1. The maximum atomic E-state index is 13.4. The minimum atomic E-state index is -4.61. The summed E-state index contributed by atoms with van der Waals surface area (Å²) in [6.45, 7) is 3.60. The molecular weight excluding hydrogens is 419 g/mol. The fraction of sp³-hybridized carbons (Fsp3) is 0.286. The lowest BCUT2D eigenvalue weighted by atomic mass is 10.1. The van der Waals surface area contributed by atoms with E-state index in [1.165, 1.54) is 11.8 Å². The molecule has 3 aromatic rings. The second kappa shape index (κ2) is 7.12. The smallest absolute Gasteiger partial charge is 0.306 e. The summed E-state index contributed by atoms with van der Waals surface area (Å²) >= 11 is 6.06. The van der Waals surface area contributed by atoms with Crippen LogP contribution >= 0.6 is 11.6 Å². The van der Waals surface area contributed by atoms with Gasteiger partial charge in [-0.3, -0.25) is 14.0 Å². The maximum absolute atomic E-state index is 13.4. The van der Waals surface area contributed by atoms with E-state index in [4.69, 9.17) is 11.6 Å². The van der Waals surface area contributed by atoms with E-state index < -0.39 is 17.6 Å². The van der Waals surface area contributed by atoms with Crippen LogP contribution < -0.4 is 4.90 Å². The van der Waals surface area contributed by atoms with Crippen LogP contribution in [0.25, 0.3) is 5.65 Å². The zero-order valence-electron chi connectivity index (χ0n) is 16.2. The summed E-state index contributed by atoms with van der Waals surface area (Å²) in [6.07, 6.45) is -2.85. The summed E-state index contributed by atoms with van der Waals surface area (Å²) in [6, 6.07) is 5.89. The minimum absolute atomic E-state index is 0.0593. The molecule has 0 saturated carbocycles. The van der Waals surface area contributed by atoms with Crippen LogP contribution in [0.4, 0.5) is 18.9 Å². The molecule has 30 heavy (non-hydrogen) atoms. The monoisotopic (exact) mass is 435 g/mol. The van der Waals surface area contributed by atoms with E-state index in [9.17, 15) is 22.8 Å². The molecule has 1 aromatic carbocycles. The molecule has 3 heterocycles. The van der Waals surface area contributed by atoms with Crippen LogP contribution in [0.15, 0.2) is 30.5 Å². The highest BCUT2D eigenvalue weighted by molar-refractivity contribution is 6.33. The van der Waals surface area contributed by atoms with Crippen molar-refractivity contribution in [2.24, 2.45) is 0 Å². The lowest BCUT2D eigenvalue weighted by Crippen LogP contribution is -2.30. The number of rotatable bonds is 3. The number of pyridine rings is 1. The van der Waals surface area contributed by atoms with Crippen molar-refractivity contribution in [3.8, 4) is 0 Å². The number of alkyl halides is 3. The van der Waals surface area contributed by atoms with Crippen LogP contribution in [-0.2, 0) is 19.0 Å². The van der Waals surface area contributed by atoms with E-state index in [-0.39, 0.29) is 22.1 Å². The highest BCUT2D eigenvalue weighted by atomic mass is 35.5. The molecule has 156 valence electrons. The summed E-state index contributed by atoms with van der Waals surface area (Å²) in [5, 5.41) is -0.175. The van der Waals surface area contributed by atoms with E-state index in [1.807, 2.05) is 0 Å². The Labute approximate surface area is 175 Å². The lowest BCUT2D eigenvalue weighted by Gasteiger charge is -2.18. The Kier molecular flexibility index (Phi) is 4.85. The third kappa shape index (κ3) is 3.25. The van der Waals surface area contributed by atoms with Gasteiger partial charge in [0.15, 0.2) is 11.4 Å². The Bertz CT molecular complexity index is 1200. The molecule has 2 aromatic heterocycles. The summed E-state index contributed by atoms with van der Waals surface area (Å²) < 4.78 is 41.0. The third-order valence-corrected chi connectivity index (χ3v) is 5.52. The van der Waals surface area contributed by atoms with Crippen molar-refractivity contribution in [3.63, 3.8) is 0 Å². The number of benzene rings is 1. The molecule has 0 atom stereocenters. The number of aryl methyl sites for hydroxylation is 1. The van der Waals surface area contributed by atoms with Crippen LogP contribution in [0.5, 0.6) is 0 Å².